The average Bonchev–Trinajstić information content (AvgIpc) is 3.38. The van der Waals surface area contributed by atoms with Crippen molar-refractivity contribution in [3.63, 3.8) is 0 Å². The average molecular weight is 335 g/mol. The van der Waals surface area contributed by atoms with Gasteiger partial charge in [0.15, 0.2) is 9.84 Å². The summed E-state index contributed by atoms with van der Waals surface area (Å²) in [6, 6.07) is 8.46. The van der Waals surface area contributed by atoms with Gasteiger partial charge in [0.1, 0.15) is 5.54 Å². The third kappa shape index (κ3) is 4.23. The van der Waals surface area contributed by atoms with Crippen molar-refractivity contribution < 1.29 is 13.2 Å². The summed E-state index contributed by atoms with van der Waals surface area (Å²) < 4.78 is 23.4. The first-order valence-corrected chi connectivity index (χ1v) is 9.25. The predicted molar refractivity (Wildman–Crippen MR) is 87.5 cm³/mol. The van der Waals surface area contributed by atoms with Crippen molar-refractivity contribution in [1.29, 1.82) is 5.26 Å². The lowest BCUT2D eigenvalue weighted by atomic mass is 9.98. The highest BCUT2D eigenvalue weighted by atomic mass is 32.2. The number of benzene rings is 1. The van der Waals surface area contributed by atoms with E-state index in [2.05, 4.69) is 16.7 Å². The van der Waals surface area contributed by atoms with Crippen LogP contribution in [0.3, 0.4) is 0 Å². The minimum absolute atomic E-state index is 0.0316. The molecule has 0 aromatic heterocycles. The summed E-state index contributed by atoms with van der Waals surface area (Å²) in [6.07, 6.45) is 1.93. The lowest BCUT2D eigenvalue weighted by Crippen LogP contribution is -2.48. The van der Waals surface area contributed by atoms with E-state index in [1.165, 1.54) is 12.1 Å². The number of sulfone groups is 1. The van der Waals surface area contributed by atoms with Gasteiger partial charge >= 0.3 is 0 Å². The molecule has 0 spiro atoms. The van der Waals surface area contributed by atoms with Gasteiger partial charge in [0.05, 0.1) is 23.3 Å². The highest BCUT2D eigenvalue weighted by molar-refractivity contribution is 7.91. The predicted octanol–water partition coefficient (Wildman–Crippen LogP) is 1.70. The molecule has 0 saturated heterocycles. The van der Waals surface area contributed by atoms with Gasteiger partial charge in [0.25, 0.3) is 0 Å². The molecule has 0 heterocycles. The molecule has 2 N–H and O–H groups in total. The molecule has 0 radical (unpaired) electrons. The topological polar surface area (TPSA) is 99.1 Å². The Morgan fingerprint density at radius 2 is 1.96 bits per heavy atom. The third-order valence-corrected chi connectivity index (χ3v) is 5.82. The molecule has 2 rings (SSSR count). The monoisotopic (exact) mass is 335 g/mol. The molecule has 1 aliphatic carbocycles. The summed E-state index contributed by atoms with van der Waals surface area (Å²) in [5.74, 6) is 0.0250. The van der Waals surface area contributed by atoms with Crippen molar-refractivity contribution in [2.45, 2.75) is 37.1 Å². The van der Waals surface area contributed by atoms with Crippen LogP contribution in [-0.2, 0) is 14.6 Å². The Kier molecular flexibility index (Phi) is 4.95. The molecule has 1 unspecified atom stereocenters. The number of anilines is 1. The van der Waals surface area contributed by atoms with Crippen molar-refractivity contribution in [3.8, 4) is 6.07 Å². The molecule has 1 saturated carbocycles. The van der Waals surface area contributed by atoms with E-state index in [4.69, 9.17) is 0 Å². The number of nitriles is 1. The van der Waals surface area contributed by atoms with E-state index in [0.717, 1.165) is 12.8 Å². The van der Waals surface area contributed by atoms with Crippen LogP contribution in [0, 0.1) is 17.2 Å². The number of amides is 1. The molecule has 1 atom stereocenters. The first kappa shape index (κ1) is 17.3. The van der Waals surface area contributed by atoms with Gasteiger partial charge in [-0.05, 0) is 49.9 Å². The Bertz CT molecular complexity index is 718. The molecule has 1 fully saturated rings. The van der Waals surface area contributed by atoms with E-state index >= 15 is 0 Å². The molecule has 1 amide bonds. The van der Waals surface area contributed by atoms with Crippen LogP contribution in [0.15, 0.2) is 29.2 Å². The van der Waals surface area contributed by atoms with Crippen molar-refractivity contribution >= 4 is 21.4 Å². The Balaban J connectivity index is 1.91. The van der Waals surface area contributed by atoms with Crippen LogP contribution in [0.4, 0.5) is 5.69 Å². The second kappa shape index (κ2) is 6.59. The van der Waals surface area contributed by atoms with E-state index in [1.54, 1.807) is 26.0 Å². The van der Waals surface area contributed by atoms with Crippen LogP contribution in [0.25, 0.3) is 0 Å². The quantitative estimate of drug-likeness (QED) is 0.790. The molecular formula is C16H21N3O3S. The summed E-state index contributed by atoms with van der Waals surface area (Å²) >= 11 is 0. The maximum atomic E-state index is 12.0. The number of nitrogens with zero attached hydrogens (tertiary/aromatic N) is 1. The van der Waals surface area contributed by atoms with Gasteiger partial charge in [0.2, 0.25) is 5.91 Å². The number of carbonyl (C=O) groups is 1. The molecule has 7 heteroatoms. The van der Waals surface area contributed by atoms with Crippen molar-refractivity contribution in [1.82, 2.24) is 5.32 Å². The van der Waals surface area contributed by atoms with Crippen LogP contribution < -0.4 is 10.6 Å². The first-order chi connectivity index (χ1) is 10.8. The van der Waals surface area contributed by atoms with Gasteiger partial charge in [0, 0.05) is 5.69 Å². The molecule has 124 valence electrons. The third-order valence-electron chi connectivity index (χ3n) is 4.07. The summed E-state index contributed by atoms with van der Waals surface area (Å²) in [7, 11) is -3.22. The van der Waals surface area contributed by atoms with Crippen LogP contribution in [-0.4, -0.2) is 32.2 Å². The summed E-state index contributed by atoms with van der Waals surface area (Å²) in [5, 5.41) is 14.9. The number of hydrogen-bond donors (Lipinski definition) is 2. The zero-order valence-electron chi connectivity index (χ0n) is 13.3. The van der Waals surface area contributed by atoms with Gasteiger partial charge < -0.3 is 10.6 Å². The minimum Gasteiger partial charge on any atom is -0.376 e. The van der Waals surface area contributed by atoms with Crippen LogP contribution in [0.1, 0.15) is 26.7 Å². The lowest BCUT2D eigenvalue weighted by molar-refractivity contribution is -0.120. The fourth-order valence-electron chi connectivity index (χ4n) is 2.34. The highest BCUT2D eigenvalue weighted by Gasteiger charge is 2.42. The molecule has 0 bridgehead atoms. The smallest absolute Gasteiger partial charge is 0.240 e. The zero-order chi connectivity index (χ0) is 17.1. The van der Waals surface area contributed by atoms with E-state index in [-0.39, 0.29) is 29.0 Å². The summed E-state index contributed by atoms with van der Waals surface area (Å²) in [5.41, 5.74) is -0.155. The van der Waals surface area contributed by atoms with Gasteiger partial charge in [-0.2, -0.15) is 5.26 Å². The van der Waals surface area contributed by atoms with Crippen molar-refractivity contribution in [2.24, 2.45) is 5.92 Å². The van der Waals surface area contributed by atoms with Gasteiger partial charge in [-0.1, -0.05) is 6.92 Å². The van der Waals surface area contributed by atoms with E-state index < -0.39 is 15.4 Å². The minimum atomic E-state index is -3.22. The Morgan fingerprint density at radius 3 is 2.43 bits per heavy atom. The van der Waals surface area contributed by atoms with E-state index in [1.807, 2.05) is 0 Å². The van der Waals surface area contributed by atoms with Crippen molar-refractivity contribution in [2.75, 3.05) is 17.6 Å². The fraction of sp³-hybridized carbons (Fsp3) is 0.500. The molecule has 6 nitrogen and oxygen atoms in total. The van der Waals surface area contributed by atoms with Gasteiger partial charge in [-0.3, -0.25) is 4.79 Å². The van der Waals surface area contributed by atoms with Gasteiger partial charge in [-0.25, -0.2) is 8.42 Å². The van der Waals surface area contributed by atoms with Gasteiger partial charge in [-0.15, -0.1) is 0 Å². The highest BCUT2D eigenvalue weighted by Crippen LogP contribution is 2.39. The second-order valence-corrected chi connectivity index (χ2v) is 8.20. The van der Waals surface area contributed by atoms with Crippen molar-refractivity contribution in [3.05, 3.63) is 24.3 Å². The van der Waals surface area contributed by atoms with E-state index in [0.29, 0.717) is 5.69 Å². The maximum Gasteiger partial charge on any atom is 0.240 e. The summed E-state index contributed by atoms with van der Waals surface area (Å²) in [4.78, 5) is 12.2. The second-order valence-electron chi connectivity index (χ2n) is 5.92. The number of hydrogen-bond acceptors (Lipinski definition) is 5. The lowest BCUT2D eigenvalue weighted by Gasteiger charge is -2.23. The molecule has 1 aliphatic rings. The number of rotatable bonds is 7. The van der Waals surface area contributed by atoms with Crippen LogP contribution in [0.2, 0.25) is 0 Å². The Morgan fingerprint density at radius 1 is 1.35 bits per heavy atom. The largest absolute Gasteiger partial charge is 0.376 e. The molecule has 23 heavy (non-hydrogen) atoms. The molecule has 1 aromatic rings. The fourth-order valence-corrected chi connectivity index (χ4v) is 3.23. The Hall–Kier alpha value is -2.07. The Labute approximate surface area is 136 Å². The molecule has 1 aromatic carbocycles. The van der Waals surface area contributed by atoms with Crippen LogP contribution >= 0.6 is 0 Å². The number of nitrogens with one attached hydrogen (secondary N) is 2. The standard InChI is InChI=1S/C16H21N3O3S/c1-3-23(21,22)14-8-6-13(7-9-14)18-10-15(20)19-16(2,11-17)12-4-5-12/h6-9,12,18H,3-5,10H2,1-2H3,(H,19,20). The summed E-state index contributed by atoms with van der Waals surface area (Å²) in [6.45, 7) is 3.37. The zero-order valence-corrected chi connectivity index (χ0v) is 14.1. The molecule has 0 aliphatic heterocycles. The first-order valence-electron chi connectivity index (χ1n) is 7.59. The van der Waals surface area contributed by atoms with Crippen LogP contribution in [0.5, 0.6) is 0 Å². The normalized spacial score (nSPS) is 16.9. The molecular weight excluding hydrogens is 314 g/mol. The number of carbonyl (C=O) groups excluding carboxylic acids is 1. The SMILES string of the molecule is CCS(=O)(=O)c1ccc(NCC(=O)NC(C)(C#N)C2CC2)cc1. The van der Waals surface area contributed by atoms with E-state index in [9.17, 15) is 18.5 Å². The maximum absolute atomic E-state index is 12.0.